The zero-order valence-electron chi connectivity index (χ0n) is 12.4. The Bertz CT molecular complexity index is 722. The summed E-state index contributed by atoms with van der Waals surface area (Å²) < 4.78 is 29.3. The molecule has 2 aromatic rings. The van der Waals surface area contributed by atoms with Crippen LogP contribution < -0.4 is 10.0 Å². The monoisotopic (exact) mass is 308 g/mol. The Morgan fingerprint density at radius 2 is 1.95 bits per heavy atom. The summed E-state index contributed by atoms with van der Waals surface area (Å²) in [5.41, 5.74) is 1.73. The molecule has 0 unspecified atom stereocenters. The summed E-state index contributed by atoms with van der Waals surface area (Å²) in [6.07, 6.45) is 2.57. The Morgan fingerprint density at radius 3 is 2.57 bits per heavy atom. The van der Waals surface area contributed by atoms with Crippen molar-refractivity contribution in [1.29, 1.82) is 0 Å². The number of hydrogen-bond acceptors (Lipinski definition) is 4. The van der Waals surface area contributed by atoms with E-state index in [2.05, 4.69) is 15.1 Å². The van der Waals surface area contributed by atoms with Crippen LogP contribution in [-0.4, -0.2) is 24.7 Å². The fourth-order valence-electron chi connectivity index (χ4n) is 2.01. The maximum absolute atomic E-state index is 12.6. The number of aromatic nitrogens is 2. The lowest BCUT2D eigenvalue weighted by molar-refractivity contribution is 0.601. The van der Waals surface area contributed by atoms with Crippen LogP contribution in [0, 0.1) is 6.92 Å². The van der Waals surface area contributed by atoms with E-state index in [1.807, 2.05) is 13.0 Å². The molecular weight excluding hydrogens is 288 g/mol. The molecule has 0 saturated carbocycles. The van der Waals surface area contributed by atoms with Gasteiger partial charge in [0.25, 0.3) is 10.0 Å². The van der Waals surface area contributed by atoms with E-state index >= 15 is 0 Å². The van der Waals surface area contributed by atoms with Crippen LogP contribution >= 0.6 is 0 Å². The van der Waals surface area contributed by atoms with Crippen LogP contribution in [0.2, 0.25) is 0 Å². The molecule has 0 spiro atoms. The fraction of sp³-hybridized carbons (Fsp3) is 0.357. The molecule has 0 radical (unpaired) electrons. The highest BCUT2D eigenvalue weighted by molar-refractivity contribution is 7.92. The molecule has 0 atom stereocenters. The molecule has 1 aromatic carbocycles. The summed E-state index contributed by atoms with van der Waals surface area (Å²) in [7, 11) is -1.90. The molecule has 0 amide bonds. The van der Waals surface area contributed by atoms with Gasteiger partial charge in [0.15, 0.2) is 0 Å². The average molecular weight is 308 g/mol. The highest BCUT2D eigenvalue weighted by Gasteiger charge is 2.20. The maximum Gasteiger partial charge on any atom is 0.264 e. The van der Waals surface area contributed by atoms with Crippen molar-refractivity contribution in [3.63, 3.8) is 0 Å². The molecule has 6 nitrogen and oxygen atoms in total. The molecule has 0 bridgehead atoms. The van der Waals surface area contributed by atoms with Crippen molar-refractivity contribution in [3.05, 3.63) is 36.2 Å². The van der Waals surface area contributed by atoms with Gasteiger partial charge < -0.3 is 5.32 Å². The van der Waals surface area contributed by atoms with E-state index in [0.717, 1.165) is 13.0 Å². The first-order valence-electron chi connectivity index (χ1n) is 6.80. The normalized spacial score (nSPS) is 11.4. The second-order valence-electron chi connectivity index (χ2n) is 4.83. The van der Waals surface area contributed by atoms with Gasteiger partial charge in [0.05, 0.1) is 17.1 Å². The molecule has 0 aliphatic heterocycles. The minimum Gasteiger partial charge on any atom is -0.384 e. The summed E-state index contributed by atoms with van der Waals surface area (Å²) in [5, 5.41) is 7.27. The first kappa shape index (κ1) is 15.4. The van der Waals surface area contributed by atoms with Gasteiger partial charge in [-0.2, -0.15) is 5.10 Å². The number of rotatable bonds is 6. The van der Waals surface area contributed by atoms with Gasteiger partial charge in [-0.05, 0) is 25.5 Å². The average Bonchev–Trinajstić information content (AvgIpc) is 2.74. The Labute approximate surface area is 125 Å². The summed E-state index contributed by atoms with van der Waals surface area (Å²) >= 11 is 0. The fourth-order valence-corrected chi connectivity index (χ4v) is 3.29. The predicted molar refractivity (Wildman–Crippen MR) is 84.0 cm³/mol. The Kier molecular flexibility index (Phi) is 4.52. The number of para-hydroxylation sites is 1. The second-order valence-corrected chi connectivity index (χ2v) is 6.48. The molecule has 0 saturated heterocycles. The first-order valence-corrected chi connectivity index (χ1v) is 8.28. The quantitative estimate of drug-likeness (QED) is 0.859. The van der Waals surface area contributed by atoms with Crippen molar-refractivity contribution in [2.75, 3.05) is 16.6 Å². The van der Waals surface area contributed by atoms with Gasteiger partial charge in [-0.15, -0.1) is 0 Å². The topological polar surface area (TPSA) is 76.0 Å². The van der Waals surface area contributed by atoms with Crippen molar-refractivity contribution in [2.24, 2.45) is 7.05 Å². The van der Waals surface area contributed by atoms with E-state index in [0.29, 0.717) is 17.1 Å². The van der Waals surface area contributed by atoms with Gasteiger partial charge in [-0.25, -0.2) is 8.42 Å². The third-order valence-electron chi connectivity index (χ3n) is 3.00. The number of anilines is 2. The summed E-state index contributed by atoms with van der Waals surface area (Å²) in [6, 6.07) is 6.88. The molecule has 2 rings (SSSR count). The number of hydrogen-bond donors (Lipinski definition) is 2. The van der Waals surface area contributed by atoms with Crippen molar-refractivity contribution in [2.45, 2.75) is 25.2 Å². The summed E-state index contributed by atoms with van der Waals surface area (Å²) in [5.74, 6) is 0. The number of aryl methyl sites for hydroxylation is 2. The van der Waals surface area contributed by atoms with Crippen LogP contribution in [0.4, 0.5) is 11.4 Å². The minimum atomic E-state index is -3.65. The third-order valence-corrected chi connectivity index (χ3v) is 4.42. The van der Waals surface area contributed by atoms with E-state index in [-0.39, 0.29) is 4.90 Å². The molecule has 2 N–H and O–H groups in total. The van der Waals surface area contributed by atoms with Gasteiger partial charge in [0.1, 0.15) is 4.90 Å². The van der Waals surface area contributed by atoms with Crippen LogP contribution in [0.15, 0.2) is 35.4 Å². The molecule has 114 valence electrons. The first-order chi connectivity index (χ1) is 9.94. The van der Waals surface area contributed by atoms with Crippen molar-refractivity contribution in [1.82, 2.24) is 9.78 Å². The Hall–Kier alpha value is -2.02. The van der Waals surface area contributed by atoms with Crippen molar-refractivity contribution >= 4 is 21.4 Å². The lowest BCUT2D eigenvalue weighted by atomic mass is 10.3. The number of nitrogens with zero attached hydrogens (tertiary/aromatic N) is 2. The minimum absolute atomic E-state index is 0.238. The van der Waals surface area contributed by atoms with E-state index < -0.39 is 10.0 Å². The van der Waals surface area contributed by atoms with Crippen LogP contribution in [0.25, 0.3) is 0 Å². The third kappa shape index (κ3) is 3.55. The van der Waals surface area contributed by atoms with Crippen molar-refractivity contribution in [3.8, 4) is 0 Å². The standard InChI is InChI=1S/C14H20N4O2S/c1-4-9-15-12-7-5-6-8-14(12)21(19,20)17-13-10-18(3)16-11(13)2/h5-8,10,15,17H,4,9H2,1-3H3. The SMILES string of the molecule is CCCNc1ccccc1S(=O)(=O)Nc1cn(C)nc1C. The van der Waals surface area contributed by atoms with Crippen molar-refractivity contribution < 1.29 is 8.42 Å². The van der Waals surface area contributed by atoms with Gasteiger partial charge >= 0.3 is 0 Å². The van der Waals surface area contributed by atoms with Crippen LogP contribution in [0.1, 0.15) is 19.0 Å². The van der Waals surface area contributed by atoms with Gasteiger partial charge in [0.2, 0.25) is 0 Å². The molecule has 21 heavy (non-hydrogen) atoms. The summed E-state index contributed by atoms with van der Waals surface area (Å²) in [4.78, 5) is 0.238. The van der Waals surface area contributed by atoms with Gasteiger partial charge in [-0.3, -0.25) is 9.40 Å². The molecule has 1 heterocycles. The van der Waals surface area contributed by atoms with E-state index in [1.54, 1.807) is 43.0 Å². The molecule has 7 heteroatoms. The van der Waals surface area contributed by atoms with E-state index in [9.17, 15) is 8.42 Å². The smallest absolute Gasteiger partial charge is 0.264 e. The lowest BCUT2D eigenvalue weighted by Gasteiger charge is -2.13. The lowest BCUT2D eigenvalue weighted by Crippen LogP contribution is -2.16. The highest BCUT2D eigenvalue weighted by atomic mass is 32.2. The highest BCUT2D eigenvalue weighted by Crippen LogP contribution is 2.24. The summed E-state index contributed by atoms with van der Waals surface area (Å²) in [6.45, 7) is 4.51. The largest absolute Gasteiger partial charge is 0.384 e. The molecule has 1 aromatic heterocycles. The molecule has 0 aliphatic rings. The molecule has 0 fully saturated rings. The second kappa shape index (κ2) is 6.17. The predicted octanol–water partition coefficient (Wildman–Crippen LogP) is 2.35. The Balaban J connectivity index is 2.33. The van der Waals surface area contributed by atoms with Crippen LogP contribution in [-0.2, 0) is 17.1 Å². The Morgan fingerprint density at radius 1 is 1.24 bits per heavy atom. The molecular formula is C14H20N4O2S. The van der Waals surface area contributed by atoms with Crippen LogP contribution in [0.5, 0.6) is 0 Å². The zero-order valence-corrected chi connectivity index (χ0v) is 13.2. The van der Waals surface area contributed by atoms with Crippen LogP contribution in [0.3, 0.4) is 0 Å². The van der Waals surface area contributed by atoms with E-state index in [1.165, 1.54) is 0 Å². The number of benzene rings is 1. The number of nitrogens with one attached hydrogen (secondary N) is 2. The van der Waals surface area contributed by atoms with Gasteiger partial charge in [-0.1, -0.05) is 19.1 Å². The molecule has 0 aliphatic carbocycles. The zero-order chi connectivity index (χ0) is 15.5. The van der Waals surface area contributed by atoms with E-state index in [4.69, 9.17) is 0 Å². The maximum atomic E-state index is 12.6. The number of sulfonamides is 1. The van der Waals surface area contributed by atoms with Gasteiger partial charge in [0, 0.05) is 19.8 Å².